The molecule has 0 radical (unpaired) electrons. The van der Waals surface area contributed by atoms with Crippen LogP contribution in [0.3, 0.4) is 0 Å². The third-order valence-corrected chi connectivity index (χ3v) is 6.34. The number of amides is 1. The molecule has 0 fully saturated rings. The number of aliphatic imine (C=N–C) groups is 1. The largest absolute Gasteiger partial charge is 0.386 e. The van der Waals surface area contributed by atoms with Crippen molar-refractivity contribution >= 4 is 40.8 Å². The normalized spacial score (nSPS) is 14.6. The standard InChI is InChI=1S/C27H27FN6O2/c1-15-10-21(28)22(32-25(35)16-6-5-7-18(11-16)27(2,3)36)13-19(15)20-12-17-14-31-26(29-4)33-23(17)34-9-8-30-24(20)34/h5-7,10-14,36H,8-9H2,1-4H3,(H,32,35)(H,29,31,33). The Hall–Kier alpha value is -4.11. The Labute approximate surface area is 208 Å². The van der Waals surface area contributed by atoms with Gasteiger partial charge < -0.3 is 20.6 Å². The molecule has 0 aliphatic carbocycles. The lowest BCUT2D eigenvalue weighted by Crippen LogP contribution is -2.32. The molecule has 0 bridgehead atoms. The number of hydrogen-bond donors (Lipinski definition) is 3. The van der Waals surface area contributed by atoms with E-state index in [1.54, 1.807) is 57.4 Å². The zero-order chi connectivity index (χ0) is 25.6. The first kappa shape index (κ1) is 23.6. The van der Waals surface area contributed by atoms with Gasteiger partial charge in [0, 0.05) is 36.5 Å². The number of hydrogen-bond acceptors (Lipinski definition) is 7. The molecule has 0 saturated heterocycles. The van der Waals surface area contributed by atoms with Crippen molar-refractivity contribution in [3.8, 4) is 0 Å². The number of halogens is 1. The summed E-state index contributed by atoms with van der Waals surface area (Å²) in [4.78, 5) is 28.7. The first-order valence-corrected chi connectivity index (χ1v) is 11.7. The van der Waals surface area contributed by atoms with Gasteiger partial charge in [-0.15, -0.1) is 0 Å². The van der Waals surface area contributed by atoms with Crippen LogP contribution in [0, 0.1) is 12.7 Å². The van der Waals surface area contributed by atoms with E-state index >= 15 is 0 Å². The van der Waals surface area contributed by atoms with Crippen molar-refractivity contribution in [2.75, 3.05) is 35.7 Å². The van der Waals surface area contributed by atoms with Crippen LogP contribution < -0.4 is 15.5 Å². The second-order valence-corrected chi connectivity index (χ2v) is 9.38. The van der Waals surface area contributed by atoms with Crippen molar-refractivity contribution in [3.05, 3.63) is 76.2 Å². The topological polar surface area (TPSA) is 103 Å². The number of amidine groups is 1. The van der Waals surface area contributed by atoms with Crippen LogP contribution >= 0.6 is 0 Å². The van der Waals surface area contributed by atoms with E-state index in [1.165, 1.54) is 6.07 Å². The van der Waals surface area contributed by atoms with Crippen molar-refractivity contribution in [2.45, 2.75) is 26.4 Å². The number of rotatable bonds is 5. The summed E-state index contributed by atoms with van der Waals surface area (Å²) in [5.41, 5.74) is 3.00. The number of benzene rings is 2. The SMILES string of the molecule is CNc1ncc2c(n1)N1CCN=C1C(c1cc(NC(=O)c3cccc(C(C)(C)O)c3)c(F)cc1C)=C2. The molecule has 1 amide bonds. The van der Waals surface area contributed by atoms with E-state index in [1.807, 2.05) is 17.9 Å². The van der Waals surface area contributed by atoms with E-state index in [-0.39, 0.29) is 5.69 Å². The highest BCUT2D eigenvalue weighted by Gasteiger charge is 2.31. The minimum atomic E-state index is -1.10. The summed E-state index contributed by atoms with van der Waals surface area (Å²) >= 11 is 0. The van der Waals surface area contributed by atoms with Gasteiger partial charge in [-0.05, 0) is 67.8 Å². The van der Waals surface area contributed by atoms with E-state index in [0.717, 1.165) is 28.4 Å². The van der Waals surface area contributed by atoms with Gasteiger partial charge in [-0.3, -0.25) is 9.79 Å². The third kappa shape index (κ3) is 4.22. The molecule has 0 saturated carbocycles. The number of carbonyl (C=O) groups is 1. The van der Waals surface area contributed by atoms with E-state index in [2.05, 4.69) is 20.6 Å². The molecular formula is C27H27FN6O2. The Morgan fingerprint density at radius 3 is 2.78 bits per heavy atom. The summed E-state index contributed by atoms with van der Waals surface area (Å²) in [5, 5.41) is 15.9. The summed E-state index contributed by atoms with van der Waals surface area (Å²) in [6.45, 7) is 6.42. The number of fused-ring (bicyclic) bond motifs is 3. The maximum absolute atomic E-state index is 15.0. The van der Waals surface area contributed by atoms with Crippen LogP contribution in [0.2, 0.25) is 0 Å². The molecule has 9 heteroatoms. The number of aryl methyl sites for hydroxylation is 1. The lowest BCUT2D eigenvalue weighted by atomic mass is 9.94. The zero-order valence-electron chi connectivity index (χ0n) is 20.6. The van der Waals surface area contributed by atoms with Crippen LogP contribution in [0.25, 0.3) is 11.6 Å². The Kier molecular flexibility index (Phi) is 5.80. The lowest BCUT2D eigenvalue weighted by Gasteiger charge is -2.28. The maximum Gasteiger partial charge on any atom is 0.255 e. The van der Waals surface area contributed by atoms with Gasteiger partial charge in [0.1, 0.15) is 17.5 Å². The molecule has 0 spiro atoms. The summed E-state index contributed by atoms with van der Waals surface area (Å²) in [7, 11) is 1.77. The number of nitrogens with zero attached hydrogens (tertiary/aromatic N) is 4. The van der Waals surface area contributed by atoms with Gasteiger partial charge >= 0.3 is 0 Å². The van der Waals surface area contributed by atoms with Crippen LogP contribution in [0.15, 0.2) is 47.6 Å². The van der Waals surface area contributed by atoms with Crippen LogP contribution in [-0.2, 0) is 5.60 Å². The first-order valence-electron chi connectivity index (χ1n) is 11.7. The molecule has 0 atom stereocenters. The van der Waals surface area contributed by atoms with E-state index in [9.17, 15) is 14.3 Å². The van der Waals surface area contributed by atoms with Crippen molar-refractivity contribution in [1.29, 1.82) is 0 Å². The van der Waals surface area contributed by atoms with Gasteiger partial charge in [-0.1, -0.05) is 12.1 Å². The van der Waals surface area contributed by atoms with Gasteiger partial charge in [0.2, 0.25) is 5.95 Å². The molecule has 2 aromatic carbocycles. The molecular weight excluding hydrogens is 459 g/mol. The minimum Gasteiger partial charge on any atom is -0.386 e. The Balaban J connectivity index is 1.53. The Morgan fingerprint density at radius 2 is 2.03 bits per heavy atom. The van der Waals surface area contributed by atoms with E-state index in [0.29, 0.717) is 35.7 Å². The molecule has 3 N–H and O–H groups in total. The Morgan fingerprint density at radius 1 is 1.22 bits per heavy atom. The smallest absolute Gasteiger partial charge is 0.255 e. The highest BCUT2D eigenvalue weighted by molar-refractivity contribution is 6.36. The van der Waals surface area contributed by atoms with Crippen molar-refractivity contribution < 1.29 is 14.3 Å². The average molecular weight is 487 g/mol. The summed E-state index contributed by atoms with van der Waals surface area (Å²) in [6, 6.07) is 9.72. The average Bonchev–Trinajstić information content (AvgIpc) is 3.35. The molecule has 36 heavy (non-hydrogen) atoms. The van der Waals surface area contributed by atoms with Crippen LogP contribution in [0.1, 0.15) is 46.5 Å². The number of aromatic nitrogens is 2. The first-order chi connectivity index (χ1) is 17.2. The lowest BCUT2D eigenvalue weighted by molar-refractivity contribution is 0.0785. The molecule has 3 aromatic rings. The second kappa shape index (κ2) is 8.83. The molecule has 1 aromatic heterocycles. The monoisotopic (exact) mass is 486 g/mol. The number of anilines is 3. The fourth-order valence-corrected chi connectivity index (χ4v) is 4.42. The quantitative estimate of drug-likeness (QED) is 0.499. The number of aliphatic hydroxyl groups is 1. The van der Waals surface area contributed by atoms with Crippen molar-refractivity contribution in [2.24, 2.45) is 4.99 Å². The summed E-state index contributed by atoms with van der Waals surface area (Å²) in [5.74, 6) is 1.05. The molecule has 5 rings (SSSR count). The molecule has 2 aliphatic heterocycles. The van der Waals surface area contributed by atoms with Gasteiger partial charge in [0.05, 0.1) is 17.8 Å². The molecule has 2 aliphatic rings. The van der Waals surface area contributed by atoms with Crippen LogP contribution in [0.4, 0.5) is 21.8 Å². The molecule has 184 valence electrons. The molecule has 8 nitrogen and oxygen atoms in total. The van der Waals surface area contributed by atoms with Crippen LogP contribution in [-0.4, -0.2) is 47.0 Å². The van der Waals surface area contributed by atoms with E-state index in [4.69, 9.17) is 4.99 Å². The van der Waals surface area contributed by atoms with Gasteiger partial charge in [0.15, 0.2) is 0 Å². The van der Waals surface area contributed by atoms with Crippen molar-refractivity contribution in [1.82, 2.24) is 9.97 Å². The van der Waals surface area contributed by atoms with Crippen LogP contribution in [0.5, 0.6) is 0 Å². The Bertz CT molecular complexity index is 1440. The molecule has 0 unspecified atom stereocenters. The minimum absolute atomic E-state index is 0.0629. The zero-order valence-corrected chi connectivity index (χ0v) is 20.6. The summed E-state index contributed by atoms with van der Waals surface area (Å²) in [6.07, 6.45) is 3.70. The summed E-state index contributed by atoms with van der Waals surface area (Å²) < 4.78 is 15.0. The van der Waals surface area contributed by atoms with Gasteiger partial charge in [-0.2, -0.15) is 4.98 Å². The van der Waals surface area contributed by atoms with Gasteiger partial charge in [0.25, 0.3) is 5.91 Å². The fraction of sp³-hybridized carbons (Fsp3) is 0.259. The van der Waals surface area contributed by atoms with Gasteiger partial charge in [-0.25, -0.2) is 9.37 Å². The fourth-order valence-electron chi connectivity index (χ4n) is 4.42. The number of nitrogens with one attached hydrogen (secondary N) is 2. The predicted octanol–water partition coefficient (Wildman–Crippen LogP) is 4.22. The maximum atomic E-state index is 15.0. The number of carbonyl (C=O) groups excluding carboxylic acids is 1. The second-order valence-electron chi connectivity index (χ2n) is 9.38. The highest BCUT2D eigenvalue weighted by Crippen LogP contribution is 2.37. The highest BCUT2D eigenvalue weighted by atomic mass is 19.1. The predicted molar refractivity (Wildman–Crippen MR) is 140 cm³/mol. The third-order valence-electron chi connectivity index (χ3n) is 6.34. The van der Waals surface area contributed by atoms with Crippen molar-refractivity contribution in [3.63, 3.8) is 0 Å². The molecule has 3 heterocycles. The van der Waals surface area contributed by atoms with E-state index < -0.39 is 17.3 Å².